The zero-order valence-electron chi connectivity index (χ0n) is 18.2. The number of amides is 2. The maximum Gasteiger partial charge on any atom is 0.414 e. The first-order valence-corrected chi connectivity index (χ1v) is 10.1. The van der Waals surface area contributed by atoms with Crippen LogP contribution < -0.4 is 9.64 Å². The number of aliphatic hydroxyl groups excluding tert-OH is 1. The van der Waals surface area contributed by atoms with Crippen LogP contribution in [0.15, 0.2) is 36.5 Å². The number of anilines is 1. The second kappa shape index (κ2) is 11.2. The molecule has 1 aliphatic heterocycles. The van der Waals surface area contributed by atoms with E-state index in [9.17, 15) is 14.7 Å². The summed E-state index contributed by atoms with van der Waals surface area (Å²) in [5, 5.41) is 18.1. The Morgan fingerprint density at radius 2 is 2.00 bits per heavy atom. The number of pyridine rings is 1. The van der Waals surface area contributed by atoms with Gasteiger partial charge in [-0.05, 0) is 23.8 Å². The number of hydrogen-bond donors (Lipinski definition) is 2. The van der Waals surface area contributed by atoms with E-state index < -0.39 is 18.3 Å². The molecule has 0 bridgehead atoms. The third kappa shape index (κ3) is 5.85. The van der Waals surface area contributed by atoms with Crippen molar-refractivity contribution in [2.45, 2.75) is 26.4 Å². The Balaban J connectivity index is 0.00000166. The third-order valence-electron chi connectivity index (χ3n) is 4.74. The highest BCUT2D eigenvalue weighted by Crippen LogP contribution is 2.35. The molecule has 2 heterocycles. The molecule has 0 spiro atoms. The highest BCUT2D eigenvalue weighted by atomic mass is 16.6. The monoisotopic (exact) mass is 431 g/mol. The molecule has 0 saturated carbocycles. The molecule has 1 unspecified atom stereocenters. The lowest BCUT2D eigenvalue weighted by Crippen LogP contribution is -2.27. The van der Waals surface area contributed by atoms with Crippen LogP contribution in [0.25, 0.3) is 11.1 Å². The molecule has 2 amide bonds. The third-order valence-corrected chi connectivity index (χ3v) is 4.74. The van der Waals surface area contributed by atoms with Crippen molar-refractivity contribution in [3.8, 4) is 16.9 Å². The van der Waals surface area contributed by atoms with Crippen LogP contribution in [0.5, 0.6) is 5.75 Å². The number of nitrogens with zero attached hydrogens (tertiary/aromatic N) is 3. The van der Waals surface area contributed by atoms with Crippen molar-refractivity contribution < 1.29 is 29.3 Å². The molecule has 1 saturated heterocycles. The van der Waals surface area contributed by atoms with Crippen LogP contribution in [-0.2, 0) is 11.2 Å². The molecule has 1 fully saturated rings. The lowest BCUT2D eigenvalue weighted by atomic mass is 10.1. The molecule has 31 heavy (non-hydrogen) atoms. The number of methoxy groups -OCH3 is 1. The van der Waals surface area contributed by atoms with Crippen molar-refractivity contribution >= 4 is 17.9 Å². The summed E-state index contributed by atoms with van der Waals surface area (Å²) in [5.41, 5.74) is 3.08. The Hall–Kier alpha value is -3.33. The Kier molecular flexibility index (Phi) is 8.63. The number of hydrogen-bond acceptors (Lipinski definition) is 6. The first kappa shape index (κ1) is 23.9. The fourth-order valence-electron chi connectivity index (χ4n) is 3.01. The van der Waals surface area contributed by atoms with Crippen LogP contribution in [0.3, 0.4) is 0 Å². The minimum absolute atomic E-state index is 0.233. The van der Waals surface area contributed by atoms with Crippen molar-refractivity contribution in [3.05, 3.63) is 42.2 Å². The summed E-state index contributed by atoms with van der Waals surface area (Å²) < 4.78 is 10.5. The van der Waals surface area contributed by atoms with Crippen LogP contribution in [-0.4, -0.2) is 72.2 Å². The molecule has 2 aromatic rings. The highest BCUT2D eigenvalue weighted by Gasteiger charge is 2.33. The molecule has 1 aromatic heterocycles. The standard InChI is InChI=1S/C20H23N3O6.C2H6/c1-22(19(25)26)8-7-15-5-3-14(10-21-15)13-4-6-17(18(9-13)28-2)23-11-16(12-24)29-20(23)27;1-2/h3-6,9-10,16,24H,7-8,11-12H2,1-2H3,(H,25,26);1-2H3. The second-order valence-electron chi connectivity index (χ2n) is 6.68. The first-order chi connectivity index (χ1) is 14.9. The van der Waals surface area contributed by atoms with E-state index in [0.717, 1.165) is 16.8 Å². The maximum atomic E-state index is 12.0. The van der Waals surface area contributed by atoms with Gasteiger partial charge >= 0.3 is 12.2 Å². The topological polar surface area (TPSA) is 112 Å². The lowest BCUT2D eigenvalue weighted by molar-refractivity contribution is 0.0963. The number of ether oxygens (including phenoxy) is 2. The van der Waals surface area contributed by atoms with Gasteiger partial charge in [0.05, 0.1) is 25.9 Å². The van der Waals surface area contributed by atoms with Crippen molar-refractivity contribution in [1.82, 2.24) is 9.88 Å². The number of carbonyl (C=O) groups is 2. The van der Waals surface area contributed by atoms with Gasteiger partial charge in [0, 0.05) is 37.5 Å². The average molecular weight is 431 g/mol. The molecule has 3 rings (SSSR count). The van der Waals surface area contributed by atoms with E-state index in [0.29, 0.717) is 24.4 Å². The van der Waals surface area contributed by atoms with Crippen molar-refractivity contribution in [3.63, 3.8) is 0 Å². The van der Waals surface area contributed by atoms with Gasteiger partial charge in [-0.15, -0.1) is 0 Å². The molecule has 0 radical (unpaired) electrons. The first-order valence-electron chi connectivity index (χ1n) is 10.1. The van der Waals surface area contributed by atoms with E-state index in [1.807, 2.05) is 38.1 Å². The summed E-state index contributed by atoms with van der Waals surface area (Å²) in [5.74, 6) is 0.505. The molecule has 1 atom stereocenters. The lowest BCUT2D eigenvalue weighted by Gasteiger charge is -2.17. The Labute approximate surface area is 181 Å². The van der Waals surface area contributed by atoms with Gasteiger partial charge in [-0.1, -0.05) is 26.0 Å². The van der Waals surface area contributed by atoms with Crippen molar-refractivity contribution in [2.24, 2.45) is 0 Å². The highest BCUT2D eigenvalue weighted by molar-refractivity contribution is 5.92. The summed E-state index contributed by atoms with van der Waals surface area (Å²) in [6.45, 7) is 4.39. The fourth-order valence-corrected chi connectivity index (χ4v) is 3.01. The van der Waals surface area contributed by atoms with E-state index in [-0.39, 0.29) is 13.2 Å². The summed E-state index contributed by atoms with van der Waals surface area (Å²) in [7, 11) is 3.04. The Bertz CT molecular complexity index is 887. The van der Waals surface area contributed by atoms with Crippen LogP contribution in [0, 0.1) is 0 Å². The summed E-state index contributed by atoms with van der Waals surface area (Å²) in [6, 6.07) is 9.19. The normalized spacial score (nSPS) is 15.1. The van der Waals surface area contributed by atoms with Gasteiger partial charge in [0.15, 0.2) is 0 Å². The van der Waals surface area contributed by atoms with E-state index in [2.05, 4.69) is 4.98 Å². The Morgan fingerprint density at radius 3 is 2.55 bits per heavy atom. The van der Waals surface area contributed by atoms with Gasteiger partial charge in [-0.3, -0.25) is 9.88 Å². The van der Waals surface area contributed by atoms with E-state index >= 15 is 0 Å². The quantitative estimate of drug-likeness (QED) is 0.692. The predicted molar refractivity (Wildman–Crippen MR) is 117 cm³/mol. The van der Waals surface area contributed by atoms with E-state index in [1.54, 1.807) is 12.3 Å². The van der Waals surface area contributed by atoms with E-state index in [1.165, 1.54) is 24.0 Å². The van der Waals surface area contributed by atoms with Gasteiger partial charge in [0.2, 0.25) is 0 Å². The van der Waals surface area contributed by atoms with Gasteiger partial charge in [-0.25, -0.2) is 9.59 Å². The smallest absolute Gasteiger partial charge is 0.414 e. The fraction of sp³-hybridized carbons (Fsp3) is 0.409. The minimum Gasteiger partial charge on any atom is -0.495 e. The van der Waals surface area contributed by atoms with Crippen LogP contribution in [0.2, 0.25) is 0 Å². The van der Waals surface area contributed by atoms with Crippen LogP contribution >= 0.6 is 0 Å². The van der Waals surface area contributed by atoms with Gasteiger partial charge in [-0.2, -0.15) is 0 Å². The SMILES string of the molecule is CC.COc1cc(-c2ccc(CCN(C)C(=O)O)nc2)ccc1N1CC(CO)OC1=O. The maximum absolute atomic E-state index is 12.0. The number of rotatable bonds is 7. The molecular weight excluding hydrogens is 402 g/mol. The molecule has 0 aliphatic carbocycles. The summed E-state index contributed by atoms with van der Waals surface area (Å²) >= 11 is 0. The Morgan fingerprint density at radius 1 is 1.29 bits per heavy atom. The zero-order chi connectivity index (χ0) is 23.0. The number of likely N-dealkylation sites (N-methyl/N-ethyl adjacent to an activating group) is 1. The van der Waals surface area contributed by atoms with Crippen LogP contribution in [0.4, 0.5) is 15.3 Å². The predicted octanol–water partition coefficient (Wildman–Crippen LogP) is 3.25. The van der Waals surface area contributed by atoms with Gasteiger partial charge < -0.3 is 24.6 Å². The van der Waals surface area contributed by atoms with Crippen molar-refractivity contribution in [1.29, 1.82) is 0 Å². The second-order valence-corrected chi connectivity index (χ2v) is 6.68. The van der Waals surface area contributed by atoms with E-state index in [4.69, 9.17) is 14.6 Å². The molecule has 9 nitrogen and oxygen atoms in total. The molecular formula is C22H29N3O6. The average Bonchev–Trinajstić information content (AvgIpc) is 3.19. The summed E-state index contributed by atoms with van der Waals surface area (Å²) in [6.07, 6.45) is 0.197. The van der Waals surface area contributed by atoms with Gasteiger partial charge in [0.25, 0.3) is 0 Å². The number of carboxylic acid groups (broad SMARTS) is 1. The summed E-state index contributed by atoms with van der Waals surface area (Å²) in [4.78, 5) is 29.9. The molecule has 9 heteroatoms. The molecule has 1 aliphatic rings. The van der Waals surface area contributed by atoms with Crippen molar-refractivity contribution in [2.75, 3.05) is 38.8 Å². The number of aromatic nitrogens is 1. The largest absolute Gasteiger partial charge is 0.495 e. The molecule has 168 valence electrons. The van der Waals surface area contributed by atoms with Crippen LogP contribution in [0.1, 0.15) is 19.5 Å². The number of benzene rings is 1. The minimum atomic E-state index is -0.971. The molecule has 2 N–H and O–H groups in total. The number of cyclic esters (lactones) is 1. The number of carbonyl (C=O) groups excluding carboxylic acids is 1. The molecule has 1 aromatic carbocycles. The van der Waals surface area contributed by atoms with Gasteiger partial charge in [0.1, 0.15) is 11.9 Å². The zero-order valence-corrected chi connectivity index (χ0v) is 18.2. The number of aliphatic hydroxyl groups is 1.